The molecule has 0 radical (unpaired) electrons. The van der Waals surface area contributed by atoms with Gasteiger partial charge in [-0.3, -0.25) is 0 Å². The first-order valence-corrected chi connectivity index (χ1v) is 9.18. The molecule has 120 valence electrons. The third-order valence-corrected chi connectivity index (χ3v) is 5.03. The summed E-state index contributed by atoms with van der Waals surface area (Å²) in [6.07, 6.45) is 0. The lowest BCUT2D eigenvalue weighted by atomic mass is 10.1. The van der Waals surface area contributed by atoms with Crippen LogP contribution in [0.4, 0.5) is 5.69 Å². The number of halogens is 1. The molecule has 1 N–H and O–H groups in total. The lowest BCUT2D eigenvalue weighted by molar-refractivity contribution is 0.586. The second-order valence-corrected chi connectivity index (χ2v) is 7.67. The van der Waals surface area contributed by atoms with E-state index in [0.29, 0.717) is 0 Å². The molecule has 0 spiro atoms. The van der Waals surface area contributed by atoms with E-state index >= 15 is 0 Å². The molecule has 0 heterocycles. The predicted molar refractivity (Wildman–Crippen MR) is 97.0 cm³/mol. The molecule has 0 bridgehead atoms. The predicted octanol–water partition coefficient (Wildman–Crippen LogP) is 2.85. The zero-order valence-corrected chi connectivity index (χ0v) is 15.3. The van der Waals surface area contributed by atoms with Crippen LogP contribution in [0.1, 0.15) is 5.56 Å². The smallest absolute Gasteiger partial charge is 0.241 e. The molecule has 2 rings (SSSR count). The van der Waals surface area contributed by atoms with Crippen molar-refractivity contribution in [3.8, 4) is 11.8 Å². The summed E-state index contributed by atoms with van der Waals surface area (Å²) in [4.78, 5) is 2.19. The summed E-state index contributed by atoms with van der Waals surface area (Å²) in [6.45, 7) is 0.0557. The van der Waals surface area contributed by atoms with E-state index in [9.17, 15) is 8.42 Å². The first-order valence-electron chi connectivity index (χ1n) is 6.90. The first-order chi connectivity index (χ1) is 10.9. The van der Waals surface area contributed by atoms with E-state index in [0.717, 1.165) is 15.7 Å². The molecule has 0 aliphatic carbocycles. The minimum absolute atomic E-state index is 0.0557. The molecule has 2 aromatic carbocycles. The maximum Gasteiger partial charge on any atom is 0.241 e. The normalized spacial score (nSPS) is 10.7. The van der Waals surface area contributed by atoms with Crippen molar-refractivity contribution >= 4 is 31.6 Å². The zero-order valence-electron chi connectivity index (χ0n) is 12.9. The van der Waals surface area contributed by atoms with Gasteiger partial charge in [0.15, 0.2) is 0 Å². The van der Waals surface area contributed by atoms with Crippen LogP contribution in [0.2, 0.25) is 0 Å². The molecule has 0 unspecified atom stereocenters. The van der Waals surface area contributed by atoms with Gasteiger partial charge in [-0.2, -0.15) is 4.72 Å². The molecule has 0 aliphatic heterocycles. The third kappa shape index (κ3) is 4.83. The molecule has 4 nitrogen and oxygen atoms in total. The summed E-state index contributed by atoms with van der Waals surface area (Å²) in [6, 6.07) is 14.2. The van der Waals surface area contributed by atoms with Crippen molar-refractivity contribution < 1.29 is 8.42 Å². The Morgan fingerprint density at radius 1 is 1.09 bits per heavy atom. The number of sulfonamides is 1. The number of rotatable bonds is 4. The Kier molecular flexibility index (Phi) is 5.83. The van der Waals surface area contributed by atoms with E-state index in [1.165, 1.54) is 0 Å². The molecular weight excluding hydrogens is 376 g/mol. The van der Waals surface area contributed by atoms with Crippen LogP contribution in [-0.4, -0.2) is 29.1 Å². The lowest BCUT2D eigenvalue weighted by Gasteiger charge is -2.13. The largest absolute Gasteiger partial charge is 0.377 e. The fourth-order valence-electron chi connectivity index (χ4n) is 1.94. The Bertz CT molecular complexity index is 835. The van der Waals surface area contributed by atoms with E-state index < -0.39 is 10.0 Å². The molecule has 2 aromatic rings. The van der Waals surface area contributed by atoms with Crippen molar-refractivity contribution in [3.05, 3.63) is 58.6 Å². The van der Waals surface area contributed by atoms with E-state index in [1.807, 2.05) is 43.3 Å². The Morgan fingerprint density at radius 3 is 2.39 bits per heavy atom. The highest BCUT2D eigenvalue weighted by molar-refractivity contribution is 9.10. The molecule has 23 heavy (non-hydrogen) atoms. The highest BCUT2D eigenvalue weighted by Gasteiger charge is 2.11. The summed E-state index contributed by atoms with van der Waals surface area (Å²) in [5.41, 5.74) is 1.86. The van der Waals surface area contributed by atoms with Gasteiger partial charge in [-0.05, 0) is 36.4 Å². The summed E-state index contributed by atoms with van der Waals surface area (Å²) in [5, 5.41) is 0. The average molecular weight is 393 g/mol. The second-order valence-electron chi connectivity index (χ2n) is 4.99. The van der Waals surface area contributed by atoms with Crippen molar-refractivity contribution in [1.29, 1.82) is 0 Å². The molecular formula is C17H17BrN2O2S. The number of nitrogens with zero attached hydrogens (tertiary/aromatic N) is 1. The maximum absolute atomic E-state index is 12.1. The average Bonchev–Trinajstić information content (AvgIpc) is 2.52. The molecule has 0 atom stereocenters. The van der Waals surface area contributed by atoms with Crippen molar-refractivity contribution in [1.82, 2.24) is 4.72 Å². The van der Waals surface area contributed by atoms with Gasteiger partial charge < -0.3 is 4.90 Å². The quantitative estimate of drug-likeness (QED) is 0.813. The zero-order chi connectivity index (χ0) is 16.9. The molecule has 6 heteroatoms. The fraction of sp³-hybridized carbons (Fsp3) is 0.176. The second kappa shape index (κ2) is 7.64. The Morgan fingerprint density at radius 2 is 1.74 bits per heavy atom. The van der Waals surface area contributed by atoms with Gasteiger partial charge in [0.05, 0.1) is 17.1 Å². The van der Waals surface area contributed by atoms with E-state index in [-0.39, 0.29) is 11.4 Å². The molecule has 0 fully saturated rings. The molecule has 0 aliphatic rings. The van der Waals surface area contributed by atoms with Gasteiger partial charge in [-0.25, -0.2) is 8.42 Å². The summed E-state index contributed by atoms with van der Waals surface area (Å²) in [5.74, 6) is 5.86. The summed E-state index contributed by atoms with van der Waals surface area (Å²) >= 11 is 3.28. The Hall–Kier alpha value is -1.81. The standard InChI is InChI=1S/C17H17BrN2O2S/c1-20(2)17-8-4-3-6-14(17)7-5-13-19-23(21,22)16-11-9-15(18)10-12-16/h3-4,6,8-12,19H,13H2,1-2H3. The molecule has 0 aromatic heterocycles. The maximum atomic E-state index is 12.1. The molecule has 0 saturated heterocycles. The van der Waals surface area contributed by atoms with Crippen LogP contribution >= 0.6 is 15.9 Å². The van der Waals surface area contributed by atoms with Gasteiger partial charge >= 0.3 is 0 Å². The Balaban J connectivity index is 2.07. The minimum Gasteiger partial charge on any atom is -0.377 e. The number of nitrogens with one attached hydrogen (secondary N) is 1. The number of anilines is 1. The summed E-state index contributed by atoms with van der Waals surface area (Å²) in [7, 11) is 0.341. The van der Waals surface area contributed by atoms with Crippen molar-refractivity contribution in [2.75, 3.05) is 25.5 Å². The van der Waals surface area contributed by atoms with Gasteiger partial charge in [0.1, 0.15) is 0 Å². The van der Waals surface area contributed by atoms with Crippen LogP contribution in [0.5, 0.6) is 0 Å². The van der Waals surface area contributed by atoms with Crippen LogP contribution in [0.15, 0.2) is 57.9 Å². The number of hydrogen-bond acceptors (Lipinski definition) is 3. The van der Waals surface area contributed by atoms with Gasteiger partial charge in [0.2, 0.25) is 10.0 Å². The van der Waals surface area contributed by atoms with E-state index in [1.54, 1.807) is 24.3 Å². The van der Waals surface area contributed by atoms with Crippen LogP contribution < -0.4 is 9.62 Å². The first kappa shape index (κ1) is 17.5. The van der Waals surface area contributed by atoms with Gasteiger partial charge in [-0.1, -0.05) is 39.9 Å². The lowest BCUT2D eigenvalue weighted by Crippen LogP contribution is -2.23. The van der Waals surface area contributed by atoms with Crippen molar-refractivity contribution in [2.24, 2.45) is 0 Å². The van der Waals surface area contributed by atoms with Crippen molar-refractivity contribution in [2.45, 2.75) is 4.90 Å². The molecule has 0 amide bonds. The number of benzene rings is 2. The monoisotopic (exact) mass is 392 g/mol. The number of hydrogen-bond donors (Lipinski definition) is 1. The van der Waals surface area contributed by atoms with Crippen LogP contribution in [0, 0.1) is 11.8 Å². The van der Waals surface area contributed by atoms with Crippen LogP contribution in [0.25, 0.3) is 0 Å². The van der Waals surface area contributed by atoms with Gasteiger partial charge in [0, 0.05) is 24.1 Å². The fourth-order valence-corrected chi connectivity index (χ4v) is 3.12. The number of para-hydroxylation sites is 1. The minimum atomic E-state index is -3.54. The third-order valence-electron chi connectivity index (χ3n) is 3.08. The topological polar surface area (TPSA) is 49.4 Å². The van der Waals surface area contributed by atoms with Gasteiger partial charge in [-0.15, -0.1) is 0 Å². The van der Waals surface area contributed by atoms with Gasteiger partial charge in [0.25, 0.3) is 0 Å². The van der Waals surface area contributed by atoms with E-state index in [4.69, 9.17) is 0 Å². The summed E-state index contributed by atoms with van der Waals surface area (Å²) < 4.78 is 27.6. The van der Waals surface area contributed by atoms with E-state index in [2.05, 4.69) is 32.5 Å². The molecule has 0 saturated carbocycles. The van der Waals surface area contributed by atoms with Crippen molar-refractivity contribution in [3.63, 3.8) is 0 Å². The van der Waals surface area contributed by atoms with Crippen LogP contribution in [-0.2, 0) is 10.0 Å². The van der Waals surface area contributed by atoms with Crippen LogP contribution in [0.3, 0.4) is 0 Å². The highest BCUT2D eigenvalue weighted by Crippen LogP contribution is 2.16. The highest BCUT2D eigenvalue weighted by atomic mass is 79.9. The SMILES string of the molecule is CN(C)c1ccccc1C#CCNS(=O)(=O)c1ccc(Br)cc1. The Labute approximate surface area is 145 Å².